The van der Waals surface area contributed by atoms with Crippen LogP contribution >= 0.6 is 11.8 Å². The van der Waals surface area contributed by atoms with Crippen molar-refractivity contribution >= 4 is 22.8 Å². The highest BCUT2D eigenvalue weighted by Gasteiger charge is 2.03. The van der Waals surface area contributed by atoms with Gasteiger partial charge >= 0.3 is 0 Å². The second-order valence-electron chi connectivity index (χ2n) is 2.54. The number of aromatic nitrogens is 3. The Hall–Kier alpha value is -1.03. The van der Waals surface area contributed by atoms with Crippen molar-refractivity contribution in [3.05, 3.63) is 18.0 Å². The van der Waals surface area contributed by atoms with E-state index < -0.39 is 0 Å². The quantitative estimate of drug-likeness (QED) is 0.681. The van der Waals surface area contributed by atoms with Crippen molar-refractivity contribution in [3.8, 4) is 0 Å². The number of thioether (sulfide) groups is 1. The van der Waals surface area contributed by atoms with Gasteiger partial charge in [-0.1, -0.05) is 11.8 Å². The van der Waals surface area contributed by atoms with E-state index in [1.165, 1.54) is 0 Å². The highest BCUT2D eigenvalue weighted by atomic mass is 32.2. The summed E-state index contributed by atoms with van der Waals surface area (Å²) in [7, 11) is 0. The van der Waals surface area contributed by atoms with E-state index in [1.807, 2.05) is 19.2 Å². The lowest BCUT2D eigenvalue weighted by atomic mass is 10.3. The van der Waals surface area contributed by atoms with Crippen LogP contribution in [0.5, 0.6) is 0 Å². The second-order valence-corrected chi connectivity index (χ2v) is 3.33. The first-order valence-corrected chi connectivity index (χ1v) is 4.89. The molecular formula is C8H9N3S. The summed E-state index contributed by atoms with van der Waals surface area (Å²) in [5, 5.41) is 0.945. The van der Waals surface area contributed by atoms with Crippen LogP contribution in [-0.2, 0) is 0 Å². The SMILES string of the molecule is CSc1nc2c(C)nccc2[nH]1. The Bertz CT molecular complexity index is 408. The van der Waals surface area contributed by atoms with E-state index in [9.17, 15) is 0 Å². The van der Waals surface area contributed by atoms with E-state index in [-0.39, 0.29) is 0 Å². The average Bonchev–Trinajstić information content (AvgIpc) is 2.49. The molecule has 12 heavy (non-hydrogen) atoms. The zero-order chi connectivity index (χ0) is 8.55. The maximum absolute atomic E-state index is 4.38. The van der Waals surface area contributed by atoms with Gasteiger partial charge in [-0.2, -0.15) is 0 Å². The minimum absolute atomic E-state index is 0.945. The fourth-order valence-electron chi connectivity index (χ4n) is 1.14. The van der Waals surface area contributed by atoms with Crippen LogP contribution in [0.2, 0.25) is 0 Å². The Balaban J connectivity index is 2.74. The largest absolute Gasteiger partial charge is 0.333 e. The number of aromatic amines is 1. The summed E-state index contributed by atoms with van der Waals surface area (Å²) in [5.74, 6) is 0. The maximum atomic E-state index is 4.38. The molecule has 0 aliphatic carbocycles. The average molecular weight is 179 g/mol. The highest BCUT2D eigenvalue weighted by Crippen LogP contribution is 2.18. The molecule has 0 saturated heterocycles. The zero-order valence-electron chi connectivity index (χ0n) is 6.96. The summed E-state index contributed by atoms with van der Waals surface area (Å²) in [6.45, 7) is 1.97. The van der Waals surface area contributed by atoms with E-state index in [1.54, 1.807) is 18.0 Å². The molecule has 0 aliphatic rings. The number of H-pyrrole nitrogens is 1. The third-order valence-corrected chi connectivity index (χ3v) is 2.34. The Morgan fingerprint density at radius 3 is 3.00 bits per heavy atom. The second kappa shape index (κ2) is 2.79. The van der Waals surface area contributed by atoms with Gasteiger partial charge in [-0.05, 0) is 19.2 Å². The van der Waals surface area contributed by atoms with Crippen LogP contribution in [0.3, 0.4) is 0 Å². The van der Waals surface area contributed by atoms with Crippen molar-refractivity contribution in [2.45, 2.75) is 12.1 Å². The lowest BCUT2D eigenvalue weighted by Crippen LogP contribution is -1.80. The number of hydrogen-bond acceptors (Lipinski definition) is 3. The molecule has 0 atom stereocenters. The number of pyridine rings is 1. The lowest BCUT2D eigenvalue weighted by Gasteiger charge is -1.89. The first-order valence-electron chi connectivity index (χ1n) is 3.66. The Morgan fingerprint density at radius 2 is 2.33 bits per heavy atom. The third-order valence-electron chi connectivity index (χ3n) is 1.76. The van der Waals surface area contributed by atoms with Gasteiger partial charge in [-0.15, -0.1) is 0 Å². The molecule has 2 aromatic rings. The molecule has 0 saturated carbocycles. The molecule has 0 amide bonds. The van der Waals surface area contributed by atoms with Gasteiger partial charge in [-0.3, -0.25) is 4.98 Å². The number of hydrogen-bond donors (Lipinski definition) is 1. The standard InChI is InChI=1S/C8H9N3S/c1-5-7-6(3-4-9-5)10-8(11-7)12-2/h3-4H,1-2H3,(H,10,11). The molecule has 2 aromatic heterocycles. The van der Waals surface area contributed by atoms with Crippen LogP contribution < -0.4 is 0 Å². The molecule has 0 bridgehead atoms. The van der Waals surface area contributed by atoms with Gasteiger partial charge in [0.05, 0.1) is 11.2 Å². The van der Waals surface area contributed by atoms with Crippen molar-refractivity contribution in [2.24, 2.45) is 0 Å². The van der Waals surface area contributed by atoms with E-state index in [0.29, 0.717) is 0 Å². The highest BCUT2D eigenvalue weighted by molar-refractivity contribution is 7.98. The molecule has 3 nitrogen and oxygen atoms in total. The molecule has 0 aromatic carbocycles. The van der Waals surface area contributed by atoms with Crippen molar-refractivity contribution in [1.29, 1.82) is 0 Å². The van der Waals surface area contributed by atoms with E-state index in [0.717, 1.165) is 21.9 Å². The van der Waals surface area contributed by atoms with Crippen molar-refractivity contribution in [2.75, 3.05) is 6.26 Å². The van der Waals surface area contributed by atoms with Crippen molar-refractivity contribution in [1.82, 2.24) is 15.0 Å². The van der Waals surface area contributed by atoms with Crippen molar-refractivity contribution < 1.29 is 0 Å². The first-order chi connectivity index (χ1) is 5.81. The molecule has 2 rings (SSSR count). The number of nitrogens with zero attached hydrogens (tertiary/aromatic N) is 2. The van der Waals surface area contributed by atoms with E-state index >= 15 is 0 Å². The number of nitrogens with one attached hydrogen (secondary N) is 1. The summed E-state index contributed by atoms with van der Waals surface area (Å²) >= 11 is 1.61. The van der Waals surface area contributed by atoms with E-state index in [2.05, 4.69) is 15.0 Å². The Morgan fingerprint density at radius 1 is 1.50 bits per heavy atom. The maximum Gasteiger partial charge on any atom is 0.166 e. The van der Waals surface area contributed by atoms with Gasteiger partial charge in [-0.25, -0.2) is 4.98 Å². The summed E-state index contributed by atoms with van der Waals surface area (Å²) in [4.78, 5) is 11.7. The molecule has 2 heterocycles. The molecule has 62 valence electrons. The van der Waals surface area contributed by atoms with Crippen LogP contribution in [0.1, 0.15) is 5.69 Å². The van der Waals surface area contributed by atoms with Crippen molar-refractivity contribution in [3.63, 3.8) is 0 Å². The van der Waals surface area contributed by atoms with Crippen LogP contribution in [0.4, 0.5) is 0 Å². The minimum atomic E-state index is 0.945. The van der Waals surface area contributed by atoms with Crippen LogP contribution in [-0.4, -0.2) is 21.2 Å². The molecular weight excluding hydrogens is 170 g/mol. The predicted molar refractivity (Wildman–Crippen MR) is 50.4 cm³/mol. The lowest BCUT2D eigenvalue weighted by molar-refractivity contribution is 1.08. The number of imidazole rings is 1. The zero-order valence-corrected chi connectivity index (χ0v) is 7.77. The fourth-order valence-corrected chi connectivity index (χ4v) is 1.54. The summed E-state index contributed by atoms with van der Waals surface area (Å²) < 4.78 is 0. The van der Waals surface area contributed by atoms with E-state index in [4.69, 9.17) is 0 Å². The predicted octanol–water partition coefficient (Wildman–Crippen LogP) is 1.99. The van der Waals surface area contributed by atoms with Gasteiger partial charge in [0.15, 0.2) is 5.16 Å². The molecule has 0 unspecified atom stereocenters. The molecule has 0 fully saturated rings. The van der Waals surface area contributed by atoms with Gasteiger partial charge in [0.1, 0.15) is 5.52 Å². The molecule has 1 N–H and O–H groups in total. The van der Waals surface area contributed by atoms with Gasteiger partial charge < -0.3 is 4.98 Å². The molecule has 4 heteroatoms. The van der Waals surface area contributed by atoms with Gasteiger partial charge in [0.2, 0.25) is 0 Å². The number of fused-ring (bicyclic) bond motifs is 1. The smallest absolute Gasteiger partial charge is 0.166 e. The summed E-state index contributed by atoms with van der Waals surface area (Å²) in [6, 6.07) is 1.94. The first kappa shape index (κ1) is 7.61. The van der Waals surface area contributed by atoms with Gasteiger partial charge in [0, 0.05) is 6.20 Å². The number of rotatable bonds is 1. The third kappa shape index (κ3) is 1.08. The molecule has 0 spiro atoms. The Labute approximate surface area is 74.6 Å². The molecule has 0 aliphatic heterocycles. The monoisotopic (exact) mass is 179 g/mol. The van der Waals surface area contributed by atoms with Crippen LogP contribution in [0.25, 0.3) is 11.0 Å². The fraction of sp³-hybridized carbons (Fsp3) is 0.250. The Kier molecular flexibility index (Phi) is 1.77. The molecule has 0 radical (unpaired) electrons. The van der Waals surface area contributed by atoms with Crippen LogP contribution in [0, 0.1) is 6.92 Å². The van der Waals surface area contributed by atoms with Gasteiger partial charge in [0.25, 0.3) is 0 Å². The normalized spacial score (nSPS) is 10.8. The minimum Gasteiger partial charge on any atom is -0.333 e. The summed E-state index contributed by atoms with van der Waals surface area (Å²) in [5.41, 5.74) is 3.01. The number of aryl methyl sites for hydroxylation is 1. The topological polar surface area (TPSA) is 41.6 Å². The summed E-state index contributed by atoms with van der Waals surface area (Å²) in [6.07, 6.45) is 3.79. The van der Waals surface area contributed by atoms with Crippen LogP contribution in [0.15, 0.2) is 17.4 Å².